The summed E-state index contributed by atoms with van der Waals surface area (Å²) in [7, 11) is 0. The van der Waals surface area contributed by atoms with Crippen LogP contribution in [0.4, 0.5) is 0 Å². The first-order chi connectivity index (χ1) is 8.72. The van der Waals surface area contributed by atoms with Crippen LogP contribution in [-0.4, -0.2) is 59.5 Å². The van der Waals surface area contributed by atoms with Crippen LogP contribution in [0.5, 0.6) is 0 Å². The lowest BCUT2D eigenvalue weighted by Gasteiger charge is -2.34. The van der Waals surface area contributed by atoms with E-state index >= 15 is 0 Å². The Bertz CT molecular complexity index is 411. The van der Waals surface area contributed by atoms with Gasteiger partial charge in [0.1, 0.15) is 0 Å². The molecule has 0 atom stereocenters. The Labute approximate surface area is 110 Å². The number of aliphatic hydroxyl groups is 1. The summed E-state index contributed by atoms with van der Waals surface area (Å²) in [6.07, 6.45) is 0.166. The van der Waals surface area contributed by atoms with Gasteiger partial charge in [-0.25, -0.2) is 0 Å². The molecule has 1 aromatic rings. The van der Waals surface area contributed by atoms with E-state index in [1.165, 1.54) is 11.3 Å². The molecule has 1 fully saturated rings. The van der Waals surface area contributed by atoms with E-state index < -0.39 is 0 Å². The van der Waals surface area contributed by atoms with Crippen LogP contribution < -0.4 is 0 Å². The van der Waals surface area contributed by atoms with Crippen molar-refractivity contribution in [2.45, 2.75) is 6.42 Å². The van der Waals surface area contributed by atoms with Gasteiger partial charge in [0.2, 0.25) is 5.91 Å². The molecular formula is C12H16N2O3S. The van der Waals surface area contributed by atoms with Crippen molar-refractivity contribution in [1.29, 1.82) is 0 Å². The number of hydrogen-bond acceptors (Lipinski definition) is 4. The Morgan fingerprint density at radius 3 is 2.44 bits per heavy atom. The van der Waals surface area contributed by atoms with Crippen molar-refractivity contribution in [3.8, 4) is 0 Å². The third-order valence-corrected chi connectivity index (χ3v) is 3.84. The summed E-state index contributed by atoms with van der Waals surface area (Å²) in [6, 6.07) is 3.68. The van der Waals surface area contributed by atoms with Gasteiger partial charge in [-0.1, -0.05) is 6.07 Å². The number of rotatable bonds is 3. The molecule has 0 bridgehead atoms. The molecule has 0 aliphatic carbocycles. The maximum atomic E-state index is 12.1. The molecule has 0 unspecified atom stereocenters. The minimum atomic E-state index is -0.118. The van der Waals surface area contributed by atoms with Crippen LogP contribution in [0.1, 0.15) is 16.1 Å². The zero-order chi connectivity index (χ0) is 13.0. The predicted octanol–water partition coefficient (Wildman–Crippen LogP) is 0.415. The highest BCUT2D eigenvalue weighted by atomic mass is 32.1. The second kappa shape index (κ2) is 5.97. The average Bonchev–Trinajstić information content (AvgIpc) is 2.92. The third-order valence-electron chi connectivity index (χ3n) is 2.98. The van der Waals surface area contributed by atoms with E-state index in [-0.39, 0.29) is 24.8 Å². The molecule has 1 aliphatic heterocycles. The fourth-order valence-corrected chi connectivity index (χ4v) is 2.66. The summed E-state index contributed by atoms with van der Waals surface area (Å²) in [5.74, 6) is -0.0000187. The molecule has 0 aromatic carbocycles. The van der Waals surface area contributed by atoms with Gasteiger partial charge in [-0.15, -0.1) is 11.3 Å². The van der Waals surface area contributed by atoms with Crippen molar-refractivity contribution in [2.24, 2.45) is 0 Å². The Morgan fingerprint density at radius 2 is 1.89 bits per heavy atom. The Hall–Kier alpha value is -1.40. The van der Waals surface area contributed by atoms with E-state index in [0.29, 0.717) is 26.2 Å². The third kappa shape index (κ3) is 2.88. The molecule has 0 saturated carbocycles. The van der Waals surface area contributed by atoms with E-state index in [2.05, 4.69) is 0 Å². The predicted molar refractivity (Wildman–Crippen MR) is 68.5 cm³/mol. The molecule has 5 nitrogen and oxygen atoms in total. The van der Waals surface area contributed by atoms with E-state index in [1.54, 1.807) is 9.80 Å². The first-order valence-corrected chi connectivity index (χ1v) is 6.81. The molecule has 2 amide bonds. The van der Waals surface area contributed by atoms with Crippen molar-refractivity contribution in [3.63, 3.8) is 0 Å². The van der Waals surface area contributed by atoms with Crippen LogP contribution in [0.2, 0.25) is 0 Å². The van der Waals surface area contributed by atoms with Crippen molar-refractivity contribution < 1.29 is 14.7 Å². The Balaban J connectivity index is 1.87. The molecule has 0 spiro atoms. The van der Waals surface area contributed by atoms with E-state index in [1.807, 2.05) is 17.5 Å². The van der Waals surface area contributed by atoms with Gasteiger partial charge in [-0.05, 0) is 11.4 Å². The zero-order valence-corrected chi connectivity index (χ0v) is 10.9. The molecule has 6 heteroatoms. The lowest BCUT2D eigenvalue weighted by molar-refractivity contribution is -0.133. The quantitative estimate of drug-likeness (QED) is 0.864. The lowest BCUT2D eigenvalue weighted by Crippen LogP contribution is -2.50. The van der Waals surface area contributed by atoms with Crippen LogP contribution in [0, 0.1) is 0 Å². The van der Waals surface area contributed by atoms with E-state index in [0.717, 1.165) is 4.88 Å². The van der Waals surface area contributed by atoms with Crippen LogP contribution in [0.25, 0.3) is 0 Å². The SMILES string of the molecule is O=C(CCO)N1CCN(C(=O)c2cccs2)CC1. The molecule has 18 heavy (non-hydrogen) atoms. The monoisotopic (exact) mass is 268 g/mol. The van der Waals surface area contributed by atoms with Gasteiger partial charge in [0.05, 0.1) is 11.5 Å². The molecule has 1 aromatic heterocycles. The maximum Gasteiger partial charge on any atom is 0.264 e. The molecule has 1 aliphatic rings. The molecule has 1 N–H and O–H groups in total. The fraction of sp³-hybridized carbons (Fsp3) is 0.500. The molecule has 1 saturated heterocycles. The lowest BCUT2D eigenvalue weighted by atomic mass is 10.2. The second-order valence-electron chi connectivity index (χ2n) is 4.12. The van der Waals surface area contributed by atoms with Crippen molar-refractivity contribution >= 4 is 23.2 Å². The van der Waals surface area contributed by atoms with Gasteiger partial charge in [-0.3, -0.25) is 9.59 Å². The highest BCUT2D eigenvalue weighted by Gasteiger charge is 2.24. The first kappa shape index (κ1) is 13.0. The topological polar surface area (TPSA) is 60.9 Å². The highest BCUT2D eigenvalue weighted by molar-refractivity contribution is 7.12. The number of carbonyl (C=O) groups is 2. The van der Waals surface area contributed by atoms with Crippen molar-refractivity contribution in [2.75, 3.05) is 32.8 Å². The van der Waals surface area contributed by atoms with E-state index in [9.17, 15) is 9.59 Å². The fourth-order valence-electron chi connectivity index (χ4n) is 1.97. The van der Waals surface area contributed by atoms with Crippen LogP contribution in [0.3, 0.4) is 0 Å². The summed E-state index contributed by atoms with van der Waals surface area (Å²) >= 11 is 1.44. The summed E-state index contributed by atoms with van der Waals surface area (Å²) in [6.45, 7) is 2.11. The van der Waals surface area contributed by atoms with Crippen molar-refractivity contribution in [1.82, 2.24) is 9.80 Å². The molecule has 0 radical (unpaired) electrons. The van der Waals surface area contributed by atoms with Gasteiger partial charge in [-0.2, -0.15) is 0 Å². The maximum absolute atomic E-state index is 12.1. The van der Waals surface area contributed by atoms with Crippen LogP contribution in [-0.2, 0) is 4.79 Å². The Morgan fingerprint density at radius 1 is 1.22 bits per heavy atom. The van der Waals surface area contributed by atoms with Gasteiger partial charge >= 0.3 is 0 Å². The van der Waals surface area contributed by atoms with Crippen molar-refractivity contribution in [3.05, 3.63) is 22.4 Å². The van der Waals surface area contributed by atoms with Crippen LogP contribution >= 0.6 is 11.3 Å². The highest BCUT2D eigenvalue weighted by Crippen LogP contribution is 2.14. The molecule has 98 valence electrons. The molecule has 2 rings (SSSR count). The number of amides is 2. The summed E-state index contributed by atoms with van der Waals surface area (Å²) in [5.41, 5.74) is 0. The number of thiophene rings is 1. The zero-order valence-electron chi connectivity index (χ0n) is 10.0. The number of nitrogens with zero attached hydrogens (tertiary/aromatic N) is 2. The molecular weight excluding hydrogens is 252 g/mol. The van der Waals surface area contributed by atoms with Gasteiger partial charge in [0.15, 0.2) is 0 Å². The number of carbonyl (C=O) groups excluding carboxylic acids is 2. The summed E-state index contributed by atoms with van der Waals surface area (Å²) in [5, 5.41) is 10.6. The van der Waals surface area contributed by atoms with Gasteiger partial charge < -0.3 is 14.9 Å². The van der Waals surface area contributed by atoms with Crippen LogP contribution in [0.15, 0.2) is 17.5 Å². The number of piperazine rings is 1. The minimum Gasteiger partial charge on any atom is -0.396 e. The first-order valence-electron chi connectivity index (χ1n) is 5.94. The largest absolute Gasteiger partial charge is 0.396 e. The normalized spacial score (nSPS) is 15.8. The average molecular weight is 268 g/mol. The van der Waals surface area contributed by atoms with E-state index in [4.69, 9.17) is 5.11 Å². The smallest absolute Gasteiger partial charge is 0.264 e. The second-order valence-corrected chi connectivity index (χ2v) is 5.07. The van der Waals surface area contributed by atoms with Gasteiger partial charge in [0, 0.05) is 32.6 Å². The molecule has 2 heterocycles. The Kier molecular flexibility index (Phi) is 4.33. The number of aliphatic hydroxyl groups excluding tert-OH is 1. The number of hydrogen-bond donors (Lipinski definition) is 1. The summed E-state index contributed by atoms with van der Waals surface area (Å²) in [4.78, 5) is 27.8. The standard InChI is InChI=1S/C12H16N2O3S/c15-8-3-11(16)13-4-6-14(7-5-13)12(17)10-2-1-9-18-10/h1-2,9,15H,3-8H2. The van der Waals surface area contributed by atoms with Gasteiger partial charge in [0.25, 0.3) is 5.91 Å². The summed E-state index contributed by atoms with van der Waals surface area (Å²) < 4.78 is 0. The minimum absolute atomic E-state index is 0.0410.